The number of nitrogens with one attached hydrogen (secondary N) is 1. The summed E-state index contributed by atoms with van der Waals surface area (Å²) in [5.41, 5.74) is 7.97. The average molecular weight is 537 g/mol. The summed E-state index contributed by atoms with van der Waals surface area (Å²) < 4.78 is 0. The van der Waals surface area contributed by atoms with Crippen LogP contribution in [0.4, 0.5) is 0 Å². The molecular weight excluding hydrogens is 508 g/mol. The van der Waals surface area contributed by atoms with Crippen molar-refractivity contribution in [1.29, 1.82) is 0 Å². The summed E-state index contributed by atoms with van der Waals surface area (Å²) >= 11 is 0. The van der Waals surface area contributed by atoms with Crippen LogP contribution in [0, 0.1) is 0 Å². The first-order chi connectivity index (χ1) is 20.8. The number of nitrogens with zero attached hydrogens (tertiary/aromatic N) is 1. The van der Waals surface area contributed by atoms with Gasteiger partial charge in [0.1, 0.15) is 6.17 Å². The van der Waals surface area contributed by atoms with Gasteiger partial charge in [-0.3, -0.25) is 4.99 Å². The smallest absolute Gasteiger partial charge is 0.146 e. The maximum atomic E-state index is 5.33. The third kappa shape index (κ3) is 4.34. The van der Waals surface area contributed by atoms with Gasteiger partial charge in [0, 0.05) is 22.4 Å². The molecule has 7 aromatic rings. The monoisotopic (exact) mass is 536 g/mol. The van der Waals surface area contributed by atoms with Gasteiger partial charge in [-0.15, -0.1) is 0 Å². The van der Waals surface area contributed by atoms with Gasteiger partial charge in [-0.2, -0.15) is 0 Å². The standard InChI is InChI=1S/C40H28N2/c1-2-10-27(11-3-1)30-20-21-32-25-33(23-22-31(32)24-30)38-26-39(36-18-8-14-28-12-4-6-16-34(28)36)42-40(41-38)37-19-9-15-29-13-5-7-17-35(29)37/h1-26,40,42H. The van der Waals surface area contributed by atoms with Gasteiger partial charge in [-0.25, -0.2) is 0 Å². The maximum absolute atomic E-state index is 5.33. The molecule has 1 aliphatic heterocycles. The van der Waals surface area contributed by atoms with E-state index in [-0.39, 0.29) is 6.17 Å². The molecule has 0 saturated heterocycles. The minimum Gasteiger partial charge on any atom is -0.359 e. The van der Waals surface area contributed by atoms with Gasteiger partial charge in [0.05, 0.1) is 5.71 Å². The Hall–Kier alpha value is -5.47. The Balaban J connectivity index is 1.28. The predicted molar refractivity (Wildman–Crippen MR) is 178 cm³/mol. The molecule has 2 nitrogen and oxygen atoms in total. The Morgan fingerprint density at radius 3 is 1.88 bits per heavy atom. The fourth-order valence-electron chi connectivity index (χ4n) is 6.16. The molecular formula is C40H28N2. The zero-order valence-electron chi connectivity index (χ0n) is 23.0. The fourth-order valence-corrected chi connectivity index (χ4v) is 6.16. The first-order valence-electron chi connectivity index (χ1n) is 14.4. The molecule has 0 spiro atoms. The summed E-state index contributed by atoms with van der Waals surface area (Å²) in [5, 5.41) is 11.1. The van der Waals surface area contributed by atoms with Crippen LogP contribution in [0.5, 0.6) is 0 Å². The van der Waals surface area contributed by atoms with Crippen molar-refractivity contribution in [2.24, 2.45) is 4.99 Å². The lowest BCUT2D eigenvalue weighted by Crippen LogP contribution is -2.25. The molecule has 0 aromatic heterocycles. The van der Waals surface area contributed by atoms with Gasteiger partial charge in [-0.05, 0) is 61.7 Å². The summed E-state index contributed by atoms with van der Waals surface area (Å²) in [6.45, 7) is 0. The summed E-state index contributed by atoms with van der Waals surface area (Å²) in [6.07, 6.45) is 1.99. The maximum Gasteiger partial charge on any atom is 0.146 e. The number of aliphatic imine (C=N–C) groups is 1. The molecule has 1 N–H and O–H groups in total. The van der Waals surface area contributed by atoms with Crippen LogP contribution in [0.25, 0.3) is 49.1 Å². The fraction of sp³-hybridized carbons (Fsp3) is 0.0250. The molecule has 0 radical (unpaired) electrons. The lowest BCUT2D eigenvalue weighted by atomic mass is 9.95. The molecule has 0 amide bonds. The van der Waals surface area contributed by atoms with E-state index >= 15 is 0 Å². The molecule has 198 valence electrons. The Labute approximate surface area is 245 Å². The molecule has 7 aromatic carbocycles. The van der Waals surface area contributed by atoms with Crippen molar-refractivity contribution in [3.63, 3.8) is 0 Å². The van der Waals surface area contributed by atoms with Crippen LogP contribution in [-0.2, 0) is 0 Å². The van der Waals surface area contributed by atoms with Crippen LogP contribution in [0.3, 0.4) is 0 Å². The van der Waals surface area contributed by atoms with E-state index in [4.69, 9.17) is 4.99 Å². The molecule has 42 heavy (non-hydrogen) atoms. The van der Waals surface area contributed by atoms with Crippen molar-refractivity contribution in [2.75, 3.05) is 0 Å². The van der Waals surface area contributed by atoms with E-state index in [1.54, 1.807) is 0 Å². The molecule has 1 aliphatic rings. The van der Waals surface area contributed by atoms with E-state index in [0.29, 0.717) is 0 Å². The van der Waals surface area contributed by atoms with Crippen LogP contribution >= 0.6 is 0 Å². The third-order valence-corrected chi connectivity index (χ3v) is 8.28. The number of hydrogen-bond acceptors (Lipinski definition) is 2. The SMILES string of the molecule is C1=C(c2cccc3ccccc23)NC(c2cccc3ccccc23)N=C1c1ccc2cc(-c3ccccc3)ccc2c1. The molecule has 8 rings (SSSR count). The second kappa shape index (κ2) is 10.2. The summed E-state index contributed by atoms with van der Waals surface area (Å²) in [6, 6.07) is 54.1. The van der Waals surface area contributed by atoms with Crippen LogP contribution in [-0.4, -0.2) is 5.71 Å². The number of rotatable bonds is 4. The quantitative estimate of drug-likeness (QED) is 0.238. The second-order valence-corrected chi connectivity index (χ2v) is 10.9. The minimum atomic E-state index is -0.221. The lowest BCUT2D eigenvalue weighted by molar-refractivity contribution is 0.670. The van der Waals surface area contributed by atoms with Crippen LogP contribution in [0.15, 0.2) is 163 Å². The van der Waals surface area contributed by atoms with Crippen LogP contribution in [0.2, 0.25) is 0 Å². The Morgan fingerprint density at radius 1 is 0.452 bits per heavy atom. The van der Waals surface area contributed by atoms with Crippen LogP contribution < -0.4 is 5.32 Å². The molecule has 0 aliphatic carbocycles. The number of fused-ring (bicyclic) bond motifs is 3. The van der Waals surface area contributed by atoms with E-state index < -0.39 is 0 Å². The van der Waals surface area contributed by atoms with E-state index in [1.807, 2.05) is 0 Å². The first-order valence-corrected chi connectivity index (χ1v) is 14.4. The molecule has 0 fully saturated rings. The number of hydrogen-bond donors (Lipinski definition) is 1. The Kier molecular flexibility index (Phi) is 5.89. The van der Waals surface area contributed by atoms with Crippen molar-refractivity contribution >= 4 is 43.7 Å². The van der Waals surface area contributed by atoms with Gasteiger partial charge < -0.3 is 5.32 Å². The predicted octanol–water partition coefficient (Wildman–Crippen LogP) is 9.95. The normalized spacial score (nSPS) is 14.9. The molecule has 2 heteroatoms. The Morgan fingerprint density at radius 2 is 1.07 bits per heavy atom. The second-order valence-electron chi connectivity index (χ2n) is 10.9. The van der Waals surface area contributed by atoms with Gasteiger partial charge >= 0.3 is 0 Å². The van der Waals surface area contributed by atoms with Crippen molar-refractivity contribution < 1.29 is 0 Å². The average Bonchev–Trinajstić information content (AvgIpc) is 3.07. The zero-order chi connectivity index (χ0) is 27.9. The molecule has 1 heterocycles. The zero-order valence-corrected chi connectivity index (χ0v) is 23.0. The first kappa shape index (κ1) is 24.3. The molecule has 1 atom stereocenters. The highest BCUT2D eigenvalue weighted by molar-refractivity contribution is 6.15. The third-order valence-electron chi connectivity index (χ3n) is 8.28. The van der Waals surface area contributed by atoms with Crippen LogP contribution in [0.1, 0.15) is 22.9 Å². The van der Waals surface area contributed by atoms with Crippen molar-refractivity contribution in [3.05, 3.63) is 174 Å². The molecule has 1 unspecified atom stereocenters. The van der Waals surface area contributed by atoms with Gasteiger partial charge in [-0.1, -0.05) is 140 Å². The van der Waals surface area contributed by atoms with Crippen molar-refractivity contribution in [3.8, 4) is 11.1 Å². The lowest BCUT2D eigenvalue weighted by Gasteiger charge is -2.26. The molecule has 0 saturated carbocycles. The largest absolute Gasteiger partial charge is 0.359 e. The van der Waals surface area contributed by atoms with Gasteiger partial charge in [0.15, 0.2) is 0 Å². The highest BCUT2D eigenvalue weighted by atomic mass is 15.1. The summed E-state index contributed by atoms with van der Waals surface area (Å²) in [7, 11) is 0. The summed E-state index contributed by atoms with van der Waals surface area (Å²) in [4.78, 5) is 5.33. The summed E-state index contributed by atoms with van der Waals surface area (Å²) in [5.74, 6) is 0. The Bertz CT molecular complexity index is 2160. The van der Waals surface area contributed by atoms with Crippen molar-refractivity contribution in [1.82, 2.24) is 5.32 Å². The number of allylic oxidation sites excluding steroid dienone is 1. The van der Waals surface area contributed by atoms with E-state index in [9.17, 15) is 0 Å². The number of benzene rings is 7. The minimum absolute atomic E-state index is 0.221. The highest BCUT2D eigenvalue weighted by Gasteiger charge is 2.22. The van der Waals surface area contributed by atoms with E-state index in [0.717, 1.165) is 17.0 Å². The van der Waals surface area contributed by atoms with E-state index in [2.05, 4.69) is 163 Å². The van der Waals surface area contributed by atoms with E-state index in [1.165, 1.54) is 54.6 Å². The van der Waals surface area contributed by atoms with Gasteiger partial charge in [0.2, 0.25) is 0 Å². The van der Waals surface area contributed by atoms with Gasteiger partial charge in [0.25, 0.3) is 0 Å². The van der Waals surface area contributed by atoms with Crippen molar-refractivity contribution in [2.45, 2.75) is 6.17 Å². The molecule has 0 bridgehead atoms. The highest BCUT2D eigenvalue weighted by Crippen LogP contribution is 2.34. The topological polar surface area (TPSA) is 24.4 Å².